The Morgan fingerprint density at radius 2 is 1.86 bits per heavy atom. The number of nitrogens with one attached hydrogen (secondary N) is 1. The van der Waals surface area contributed by atoms with Crippen LogP contribution in [0.5, 0.6) is 0 Å². The predicted octanol–water partition coefficient (Wildman–Crippen LogP) is 3.74. The number of hydrogen-bond acceptors (Lipinski definition) is 3. The molecule has 2 aliphatic rings. The van der Waals surface area contributed by atoms with Gasteiger partial charge >= 0.3 is 0 Å². The third kappa shape index (κ3) is 3.41. The lowest BCUT2D eigenvalue weighted by Crippen LogP contribution is -2.38. The molecular weight excluding hydrogens is 372 g/mol. The third-order valence-corrected chi connectivity index (χ3v) is 8.03. The van der Waals surface area contributed by atoms with Crippen LogP contribution in [0.15, 0.2) is 53.4 Å². The molecule has 0 spiro atoms. The number of rotatable bonds is 5. The Labute approximate surface area is 166 Å². The predicted molar refractivity (Wildman–Crippen MR) is 110 cm³/mol. The lowest BCUT2D eigenvalue weighted by molar-refractivity contribution is 0.0922. The van der Waals surface area contributed by atoms with E-state index in [0.717, 1.165) is 17.9 Å². The average molecular weight is 399 g/mol. The van der Waals surface area contributed by atoms with E-state index in [9.17, 15) is 13.2 Å². The van der Waals surface area contributed by atoms with E-state index in [4.69, 9.17) is 0 Å². The van der Waals surface area contributed by atoms with Gasteiger partial charge in [0.25, 0.3) is 15.9 Å². The molecule has 2 saturated carbocycles. The average Bonchev–Trinajstić information content (AvgIpc) is 3.31. The maximum absolute atomic E-state index is 13.1. The molecule has 0 radical (unpaired) electrons. The molecule has 1 N–H and O–H groups in total. The summed E-state index contributed by atoms with van der Waals surface area (Å²) in [5.74, 6) is 1.13. The van der Waals surface area contributed by atoms with Crippen molar-refractivity contribution in [2.45, 2.75) is 43.5 Å². The van der Waals surface area contributed by atoms with Crippen LogP contribution in [-0.4, -0.2) is 27.4 Å². The number of carbonyl (C=O) groups is 1. The summed E-state index contributed by atoms with van der Waals surface area (Å²) in [6.45, 7) is 1.88. The maximum atomic E-state index is 13.1. The van der Waals surface area contributed by atoms with Gasteiger partial charge in [0.1, 0.15) is 0 Å². The van der Waals surface area contributed by atoms with Crippen molar-refractivity contribution in [1.29, 1.82) is 0 Å². The monoisotopic (exact) mass is 398 g/mol. The largest absolute Gasteiger partial charge is 0.349 e. The van der Waals surface area contributed by atoms with Gasteiger partial charge in [0.05, 0.1) is 10.6 Å². The summed E-state index contributed by atoms with van der Waals surface area (Å²) in [6.07, 6.45) is 4.71. The first-order valence-corrected chi connectivity index (χ1v) is 11.3. The normalized spacial score (nSPS) is 23.6. The van der Waals surface area contributed by atoms with Gasteiger partial charge in [0.2, 0.25) is 0 Å². The van der Waals surface area contributed by atoms with Gasteiger partial charge in [0.15, 0.2) is 0 Å². The molecule has 2 aromatic rings. The Bertz CT molecular complexity index is 1000. The Hall–Kier alpha value is -2.34. The number of anilines is 1. The summed E-state index contributed by atoms with van der Waals surface area (Å²) in [6, 6.07) is 13.9. The van der Waals surface area contributed by atoms with Crippen molar-refractivity contribution in [2.24, 2.45) is 11.8 Å². The lowest BCUT2D eigenvalue weighted by Gasteiger charge is -2.23. The van der Waals surface area contributed by atoms with Crippen LogP contribution in [0.3, 0.4) is 0 Å². The van der Waals surface area contributed by atoms with Crippen molar-refractivity contribution in [1.82, 2.24) is 5.32 Å². The maximum Gasteiger partial charge on any atom is 0.264 e. The third-order valence-electron chi connectivity index (χ3n) is 6.26. The Morgan fingerprint density at radius 3 is 2.54 bits per heavy atom. The minimum absolute atomic E-state index is 0.124. The van der Waals surface area contributed by atoms with Crippen LogP contribution >= 0.6 is 0 Å². The molecule has 2 bridgehead atoms. The number of fused-ring (bicyclic) bond motifs is 2. The van der Waals surface area contributed by atoms with Crippen LogP contribution < -0.4 is 9.62 Å². The quantitative estimate of drug-likeness (QED) is 0.834. The molecule has 6 heteroatoms. The van der Waals surface area contributed by atoms with Crippen LogP contribution in [0.2, 0.25) is 0 Å². The molecule has 0 aliphatic heterocycles. The molecule has 3 atom stereocenters. The summed E-state index contributed by atoms with van der Waals surface area (Å²) >= 11 is 0. The van der Waals surface area contributed by atoms with Gasteiger partial charge in [-0.1, -0.05) is 30.7 Å². The number of hydrogen-bond donors (Lipinski definition) is 1. The zero-order valence-electron chi connectivity index (χ0n) is 16.3. The van der Waals surface area contributed by atoms with Gasteiger partial charge in [-0.15, -0.1) is 0 Å². The first kappa shape index (κ1) is 19.0. The molecule has 1 amide bonds. The topological polar surface area (TPSA) is 66.5 Å². The van der Waals surface area contributed by atoms with Gasteiger partial charge in [0, 0.05) is 18.7 Å². The fourth-order valence-corrected chi connectivity index (χ4v) is 5.98. The number of amides is 1. The van der Waals surface area contributed by atoms with Gasteiger partial charge in [-0.3, -0.25) is 9.10 Å². The summed E-state index contributed by atoms with van der Waals surface area (Å²) in [7, 11) is -2.21. The van der Waals surface area contributed by atoms with E-state index in [0.29, 0.717) is 17.2 Å². The molecule has 0 heterocycles. The van der Waals surface area contributed by atoms with Crippen molar-refractivity contribution in [3.05, 3.63) is 59.7 Å². The van der Waals surface area contributed by atoms with Crippen molar-refractivity contribution in [3.63, 3.8) is 0 Å². The minimum Gasteiger partial charge on any atom is -0.349 e. The van der Waals surface area contributed by atoms with Crippen LogP contribution in [-0.2, 0) is 10.0 Å². The zero-order chi connectivity index (χ0) is 19.9. The second kappa shape index (κ2) is 7.24. The lowest BCUT2D eigenvalue weighted by atomic mass is 9.95. The molecule has 2 fully saturated rings. The molecule has 5 nitrogen and oxygen atoms in total. The molecule has 2 unspecified atom stereocenters. The van der Waals surface area contributed by atoms with Crippen molar-refractivity contribution >= 4 is 21.6 Å². The molecule has 0 saturated heterocycles. The SMILES string of the molecule is Cc1ccccc1N(C)S(=O)(=O)c1cccc(C(=O)N[C@@H]2CC3CCC2C3)c1. The van der Waals surface area contributed by atoms with E-state index < -0.39 is 10.0 Å². The molecule has 2 aliphatic carbocycles. The van der Waals surface area contributed by atoms with Gasteiger partial charge in [-0.25, -0.2) is 8.42 Å². The smallest absolute Gasteiger partial charge is 0.264 e. The standard InChI is InChI=1S/C22H26N2O3S/c1-15-6-3-4-9-21(15)24(2)28(26,27)19-8-5-7-18(14-19)22(25)23-20-13-16-10-11-17(20)12-16/h3-9,14,16-17,20H,10-13H2,1-2H3,(H,23,25)/t16?,17?,20-/m1/s1. The number of nitrogens with zero attached hydrogens (tertiary/aromatic N) is 1. The zero-order valence-corrected chi connectivity index (χ0v) is 17.1. The fraction of sp³-hybridized carbons (Fsp3) is 0.409. The second-order valence-electron chi connectivity index (χ2n) is 8.04. The summed E-state index contributed by atoms with van der Waals surface area (Å²) in [5, 5.41) is 3.13. The van der Waals surface area contributed by atoms with Crippen LogP contribution in [0.25, 0.3) is 0 Å². The van der Waals surface area contributed by atoms with E-state index in [-0.39, 0.29) is 16.8 Å². The first-order chi connectivity index (χ1) is 13.4. The molecule has 2 aromatic carbocycles. The van der Waals surface area contributed by atoms with E-state index in [1.165, 1.54) is 29.6 Å². The highest BCUT2D eigenvalue weighted by Gasteiger charge is 2.40. The van der Waals surface area contributed by atoms with Gasteiger partial charge < -0.3 is 5.32 Å². The van der Waals surface area contributed by atoms with Crippen molar-refractivity contribution in [3.8, 4) is 0 Å². The van der Waals surface area contributed by atoms with Gasteiger partial charge in [-0.05, 0) is 67.9 Å². The fourth-order valence-electron chi connectivity index (χ4n) is 4.68. The molecule has 0 aromatic heterocycles. The minimum atomic E-state index is -3.75. The Balaban J connectivity index is 1.56. The van der Waals surface area contributed by atoms with Crippen molar-refractivity contribution < 1.29 is 13.2 Å². The number of aryl methyl sites for hydroxylation is 1. The van der Waals surface area contributed by atoms with Gasteiger partial charge in [-0.2, -0.15) is 0 Å². The number of para-hydroxylation sites is 1. The highest BCUT2D eigenvalue weighted by atomic mass is 32.2. The second-order valence-corrected chi connectivity index (χ2v) is 10.0. The van der Waals surface area contributed by atoms with Crippen LogP contribution in [0, 0.1) is 18.8 Å². The first-order valence-electron chi connectivity index (χ1n) is 9.82. The Kier molecular flexibility index (Phi) is 4.91. The molecule has 148 valence electrons. The molecule has 28 heavy (non-hydrogen) atoms. The summed E-state index contributed by atoms with van der Waals surface area (Å²) in [4.78, 5) is 12.9. The van der Waals surface area contributed by atoms with Crippen molar-refractivity contribution in [2.75, 3.05) is 11.4 Å². The Morgan fingerprint density at radius 1 is 1.07 bits per heavy atom. The molecule has 4 rings (SSSR count). The van der Waals surface area contributed by atoms with E-state index in [2.05, 4.69) is 5.32 Å². The summed E-state index contributed by atoms with van der Waals surface area (Å²) < 4.78 is 27.5. The number of benzene rings is 2. The number of sulfonamides is 1. The summed E-state index contributed by atoms with van der Waals surface area (Å²) in [5.41, 5.74) is 1.89. The van der Waals surface area contributed by atoms with E-state index >= 15 is 0 Å². The number of carbonyl (C=O) groups excluding carboxylic acids is 1. The van der Waals surface area contributed by atoms with E-state index in [1.54, 1.807) is 31.3 Å². The van der Waals surface area contributed by atoms with E-state index in [1.807, 2.05) is 25.1 Å². The highest BCUT2D eigenvalue weighted by Crippen LogP contribution is 2.44. The highest BCUT2D eigenvalue weighted by molar-refractivity contribution is 7.92. The van der Waals surface area contributed by atoms with Crippen LogP contribution in [0.4, 0.5) is 5.69 Å². The molecular formula is C22H26N2O3S. The van der Waals surface area contributed by atoms with Crippen LogP contribution in [0.1, 0.15) is 41.6 Å².